The first-order valence-electron chi connectivity index (χ1n) is 6.30. The summed E-state index contributed by atoms with van der Waals surface area (Å²) in [4.78, 5) is 0. The number of hydrogen-bond donors (Lipinski definition) is 1. The average molecular weight is 259 g/mol. The number of nitrogens with two attached hydrogens (primary N) is 1. The van der Waals surface area contributed by atoms with Gasteiger partial charge in [-0.25, -0.2) is 4.39 Å². The summed E-state index contributed by atoms with van der Waals surface area (Å²) in [5.74, 6) is 0.561. The van der Waals surface area contributed by atoms with Gasteiger partial charge in [0.15, 0.2) is 0 Å². The summed E-state index contributed by atoms with van der Waals surface area (Å²) >= 11 is 0. The van der Waals surface area contributed by atoms with Crippen LogP contribution in [0, 0.1) is 19.7 Å². The molecule has 0 aromatic heterocycles. The highest BCUT2D eigenvalue weighted by Gasteiger charge is 2.13. The normalized spacial score (nSPS) is 12.2. The summed E-state index contributed by atoms with van der Waals surface area (Å²) < 4.78 is 18.9. The molecule has 0 aliphatic rings. The van der Waals surface area contributed by atoms with E-state index < -0.39 is 0 Å². The van der Waals surface area contributed by atoms with Crippen LogP contribution in [0.5, 0.6) is 5.75 Å². The van der Waals surface area contributed by atoms with Gasteiger partial charge in [-0.05, 0) is 48.7 Å². The molecular formula is C16H18FNO. The first-order chi connectivity index (χ1) is 9.11. The molecule has 1 atom stereocenters. The van der Waals surface area contributed by atoms with Crippen LogP contribution < -0.4 is 10.5 Å². The zero-order chi connectivity index (χ0) is 13.8. The number of hydrogen-bond acceptors (Lipinski definition) is 2. The molecule has 0 bridgehead atoms. The van der Waals surface area contributed by atoms with Gasteiger partial charge >= 0.3 is 0 Å². The van der Waals surface area contributed by atoms with Gasteiger partial charge in [0.1, 0.15) is 17.7 Å². The van der Waals surface area contributed by atoms with Gasteiger partial charge < -0.3 is 10.5 Å². The summed E-state index contributed by atoms with van der Waals surface area (Å²) in [7, 11) is 0. The van der Waals surface area contributed by atoms with E-state index in [0.29, 0.717) is 6.54 Å². The Morgan fingerprint density at radius 2 is 1.79 bits per heavy atom. The van der Waals surface area contributed by atoms with E-state index in [1.807, 2.05) is 32.0 Å². The van der Waals surface area contributed by atoms with Crippen molar-refractivity contribution in [2.75, 3.05) is 6.54 Å². The number of ether oxygens (including phenoxy) is 1. The zero-order valence-electron chi connectivity index (χ0n) is 11.2. The molecule has 0 spiro atoms. The molecule has 3 heteroatoms. The van der Waals surface area contributed by atoms with E-state index in [0.717, 1.165) is 16.9 Å². The maximum atomic E-state index is 12.9. The molecule has 2 rings (SSSR count). The monoisotopic (exact) mass is 259 g/mol. The fourth-order valence-electron chi connectivity index (χ4n) is 1.93. The van der Waals surface area contributed by atoms with Crippen molar-refractivity contribution in [2.24, 2.45) is 5.73 Å². The molecule has 0 amide bonds. The Morgan fingerprint density at radius 1 is 1.11 bits per heavy atom. The largest absolute Gasteiger partial charge is 0.484 e. The smallest absolute Gasteiger partial charge is 0.136 e. The van der Waals surface area contributed by atoms with Crippen LogP contribution >= 0.6 is 0 Å². The molecule has 0 heterocycles. The van der Waals surface area contributed by atoms with Crippen LogP contribution in [0.4, 0.5) is 4.39 Å². The third-order valence-corrected chi connectivity index (χ3v) is 3.28. The second kappa shape index (κ2) is 5.85. The summed E-state index contributed by atoms with van der Waals surface area (Å²) in [5, 5.41) is 0. The summed E-state index contributed by atoms with van der Waals surface area (Å²) in [6.07, 6.45) is -0.263. The van der Waals surface area contributed by atoms with Gasteiger partial charge in [0.25, 0.3) is 0 Å². The maximum absolute atomic E-state index is 12.9. The highest BCUT2D eigenvalue weighted by molar-refractivity contribution is 5.38. The highest BCUT2D eigenvalue weighted by Crippen LogP contribution is 2.26. The number of benzene rings is 2. The lowest BCUT2D eigenvalue weighted by Crippen LogP contribution is -2.19. The molecule has 19 heavy (non-hydrogen) atoms. The molecule has 2 N–H and O–H groups in total. The van der Waals surface area contributed by atoms with Crippen molar-refractivity contribution in [2.45, 2.75) is 20.0 Å². The van der Waals surface area contributed by atoms with Gasteiger partial charge in [0.05, 0.1) is 0 Å². The predicted octanol–water partition coefficient (Wildman–Crippen LogP) is 3.52. The predicted molar refractivity (Wildman–Crippen MR) is 74.7 cm³/mol. The van der Waals surface area contributed by atoms with Crippen molar-refractivity contribution >= 4 is 0 Å². The Labute approximate surface area is 113 Å². The van der Waals surface area contributed by atoms with E-state index in [1.165, 1.54) is 17.7 Å². The van der Waals surface area contributed by atoms with Crippen LogP contribution in [0.1, 0.15) is 22.8 Å². The van der Waals surface area contributed by atoms with Gasteiger partial charge in [0, 0.05) is 6.54 Å². The van der Waals surface area contributed by atoms with Crippen molar-refractivity contribution in [3.8, 4) is 5.75 Å². The van der Waals surface area contributed by atoms with Crippen molar-refractivity contribution in [3.05, 3.63) is 65.0 Å². The lowest BCUT2D eigenvalue weighted by Gasteiger charge is -2.20. The van der Waals surface area contributed by atoms with Crippen LogP contribution in [0.2, 0.25) is 0 Å². The van der Waals surface area contributed by atoms with E-state index in [9.17, 15) is 4.39 Å². The first-order valence-corrected chi connectivity index (χ1v) is 6.30. The SMILES string of the molecule is Cc1cccc(OC(CN)c2ccc(F)cc2)c1C. The molecular weight excluding hydrogens is 241 g/mol. The molecule has 2 aromatic rings. The maximum Gasteiger partial charge on any atom is 0.136 e. The van der Waals surface area contributed by atoms with Crippen LogP contribution in [0.15, 0.2) is 42.5 Å². The summed E-state index contributed by atoms with van der Waals surface area (Å²) in [6, 6.07) is 12.2. The Hall–Kier alpha value is -1.87. The Kier molecular flexibility index (Phi) is 4.17. The quantitative estimate of drug-likeness (QED) is 0.911. The van der Waals surface area contributed by atoms with E-state index in [2.05, 4.69) is 0 Å². The fourth-order valence-corrected chi connectivity index (χ4v) is 1.93. The third-order valence-electron chi connectivity index (χ3n) is 3.28. The lowest BCUT2D eigenvalue weighted by atomic mass is 10.1. The lowest BCUT2D eigenvalue weighted by molar-refractivity contribution is 0.212. The molecule has 0 saturated carbocycles. The Morgan fingerprint density at radius 3 is 2.42 bits per heavy atom. The summed E-state index contributed by atoms with van der Waals surface area (Å²) in [6.45, 7) is 4.40. The minimum Gasteiger partial charge on any atom is -0.484 e. The minimum absolute atomic E-state index is 0.258. The standard InChI is InChI=1S/C16H18FNO/c1-11-4-3-5-15(12(11)2)19-16(10-18)13-6-8-14(17)9-7-13/h3-9,16H,10,18H2,1-2H3. The van der Waals surface area contributed by atoms with E-state index in [1.54, 1.807) is 12.1 Å². The second-order valence-electron chi connectivity index (χ2n) is 4.59. The zero-order valence-corrected chi connectivity index (χ0v) is 11.2. The minimum atomic E-state index is -0.263. The van der Waals surface area contributed by atoms with Crippen LogP contribution in [-0.4, -0.2) is 6.54 Å². The number of aryl methyl sites for hydroxylation is 1. The van der Waals surface area contributed by atoms with Crippen molar-refractivity contribution < 1.29 is 9.13 Å². The molecule has 2 nitrogen and oxygen atoms in total. The second-order valence-corrected chi connectivity index (χ2v) is 4.59. The molecule has 0 aliphatic heterocycles. The van der Waals surface area contributed by atoms with Gasteiger partial charge in [-0.1, -0.05) is 24.3 Å². The molecule has 0 saturated heterocycles. The van der Waals surface area contributed by atoms with Crippen molar-refractivity contribution in [1.82, 2.24) is 0 Å². The molecule has 0 aliphatic carbocycles. The number of rotatable bonds is 4. The molecule has 0 fully saturated rings. The topological polar surface area (TPSA) is 35.2 Å². The first kappa shape index (κ1) is 13.6. The van der Waals surface area contributed by atoms with E-state index >= 15 is 0 Å². The van der Waals surface area contributed by atoms with Gasteiger partial charge in [-0.2, -0.15) is 0 Å². The fraction of sp³-hybridized carbons (Fsp3) is 0.250. The van der Waals surface area contributed by atoms with Crippen LogP contribution in [-0.2, 0) is 0 Å². The van der Waals surface area contributed by atoms with Crippen LogP contribution in [0.3, 0.4) is 0 Å². The van der Waals surface area contributed by atoms with Crippen molar-refractivity contribution in [3.63, 3.8) is 0 Å². The average Bonchev–Trinajstić information content (AvgIpc) is 2.42. The third kappa shape index (κ3) is 3.12. The van der Waals surface area contributed by atoms with Crippen molar-refractivity contribution in [1.29, 1.82) is 0 Å². The molecule has 1 unspecified atom stereocenters. The van der Waals surface area contributed by atoms with Crippen LogP contribution in [0.25, 0.3) is 0 Å². The van der Waals surface area contributed by atoms with Gasteiger partial charge in [-0.3, -0.25) is 0 Å². The molecule has 100 valence electrons. The molecule has 2 aromatic carbocycles. The van der Waals surface area contributed by atoms with Gasteiger partial charge in [-0.15, -0.1) is 0 Å². The van der Waals surface area contributed by atoms with Gasteiger partial charge in [0.2, 0.25) is 0 Å². The Balaban J connectivity index is 2.24. The molecule has 0 radical (unpaired) electrons. The van der Waals surface area contributed by atoms with E-state index in [4.69, 9.17) is 10.5 Å². The highest BCUT2D eigenvalue weighted by atomic mass is 19.1. The van der Waals surface area contributed by atoms with E-state index in [-0.39, 0.29) is 11.9 Å². The summed E-state index contributed by atoms with van der Waals surface area (Å²) in [5.41, 5.74) is 8.91. The number of halogens is 1. The Bertz CT molecular complexity index is 551.